The molecule has 1 atom stereocenters. The van der Waals surface area contributed by atoms with E-state index in [1.54, 1.807) is 13.3 Å². The normalized spacial score (nSPS) is 12.6. The highest BCUT2D eigenvalue weighted by molar-refractivity contribution is 9.10. The highest BCUT2D eigenvalue weighted by atomic mass is 79.9. The number of ether oxygens (including phenoxy) is 1. The summed E-state index contributed by atoms with van der Waals surface area (Å²) in [6.45, 7) is 4.72. The maximum Gasteiger partial charge on any atom is 0.143 e. The van der Waals surface area contributed by atoms with Crippen LogP contribution in [0.4, 0.5) is 11.5 Å². The maximum absolute atomic E-state index is 5.79. The molecule has 5 heteroatoms. The number of nitrogens with two attached hydrogens (primary N) is 1. The number of anilines is 2. The van der Waals surface area contributed by atoms with E-state index in [0.717, 1.165) is 15.9 Å². The van der Waals surface area contributed by atoms with Crippen molar-refractivity contribution < 1.29 is 4.74 Å². The Balaban J connectivity index is 3.00. The molecule has 0 saturated heterocycles. The molecule has 1 heterocycles. The third-order valence-corrected chi connectivity index (χ3v) is 3.64. The molecule has 0 bridgehead atoms. The fraction of sp³-hybridized carbons (Fsp3) is 0.545. The maximum atomic E-state index is 5.79. The van der Waals surface area contributed by atoms with Crippen LogP contribution < -0.4 is 10.6 Å². The van der Waals surface area contributed by atoms with Crippen LogP contribution in [-0.4, -0.2) is 31.8 Å². The summed E-state index contributed by atoms with van der Waals surface area (Å²) in [5.74, 6) is 0.885. The number of aromatic nitrogens is 1. The summed E-state index contributed by atoms with van der Waals surface area (Å²) in [5.41, 5.74) is 7.50. The number of rotatable bonds is 4. The first-order valence-corrected chi connectivity index (χ1v) is 5.90. The fourth-order valence-corrected chi connectivity index (χ4v) is 2.00. The van der Waals surface area contributed by atoms with Gasteiger partial charge in [0.15, 0.2) is 0 Å². The van der Waals surface area contributed by atoms with Gasteiger partial charge < -0.3 is 15.4 Å². The Kier molecular flexibility index (Phi) is 4.56. The number of pyridine rings is 1. The summed E-state index contributed by atoms with van der Waals surface area (Å²) in [5, 5.41) is 0. The molecule has 1 aromatic heterocycles. The molecule has 0 aliphatic rings. The first-order valence-electron chi connectivity index (χ1n) is 5.11. The van der Waals surface area contributed by atoms with Gasteiger partial charge in [-0.2, -0.15) is 0 Å². The smallest absolute Gasteiger partial charge is 0.143 e. The Labute approximate surface area is 105 Å². The van der Waals surface area contributed by atoms with Crippen molar-refractivity contribution in [3.63, 3.8) is 0 Å². The molecule has 1 unspecified atom stereocenters. The van der Waals surface area contributed by atoms with E-state index >= 15 is 0 Å². The van der Waals surface area contributed by atoms with Crippen LogP contribution in [-0.2, 0) is 4.74 Å². The minimum atomic E-state index is 0.261. The summed E-state index contributed by atoms with van der Waals surface area (Å²) in [4.78, 5) is 6.41. The largest absolute Gasteiger partial charge is 0.397 e. The molecule has 16 heavy (non-hydrogen) atoms. The molecule has 1 rings (SSSR count). The minimum absolute atomic E-state index is 0.261. The number of nitrogens with zero attached hydrogens (tertiary/aromatic N) is 2. The molecule has 0 radical (unpaired) electrons. The van der Waals surface area contributed by atoms with Crippen LogP contribution >= 0.6 is 15.9 Å². The zero-order chi connectivity index (χ0) is 12.3. The number of likely N-dealkylation sites (N-methyl/N-ethyl adjacent to an activating group) is 1. The van der Waals surface area contributed by atoms with Crippen LogP contribution in [0.25, 0.3) is 0 Å². The van der Waals surface area contributed by atoms with Gasteiger partial charge in [0, 0.05) is 14.2 Å². The summed E-state index contributed by atoms with van der Waals surface area (Å²) in [6.07, 6.45) is 1.69. The first-order chi connectivity index (χ1) is 7.49. The monoisotopic (exact) mass is 287 g/mol. The van der Waals surface area contributed by atoms with E-state index in [1.165, 1.54) is 0 Å². The van der Waals surface area contributed by atoms with Gasteiger partial charge in [0.2, 0.25) is 0 Å². The van der Waals surface area contributed by atoms with Gasteiger partial charge in [0.1, 0.15) is 5.82 Å². The Hall–Kier alpha value is -0.810. The van der Waals surface area contributed by atoms with E-state index in [9.17, 15) is 0 Å². The Bertz CT molecular complexity index is 370. The van der Waals surface area contributed by atoms with Crippen molar-refractivity contribution in [2.24, 2.45) is 0 Å². The Morgan fingerprint density at radius 3 is 2.81 bits per heavy atom. The quantitative estimate of drug-likeness (QED) is 0.923. The second-order valence-corrected chi connectivity index (χ2v) is 4.68. The van der Waals surface area contributed by atoms with Crippen LogP contribution in [0, 0.1) is 6.92 Å². The molecule has 0 aliphatic carbocycles. The van der Waals surface area contributed by atoms with Gasteiger partial charge in [-0.15, -0.1) is 0 Å². The van der Waals surface area contributed by atoms with Crippen molar-refractivity contribution in [3.05, 3.63) is 16.2 Å². The van der Waals surface area contributed by atoms with E-state index in [4.69, 9.17) is 10.5 Å². The average Bonchev–Trinajstić information content (AvgIpc) is 2.26. The van der Waals surface area contributed by atoms with Crippen LogP contribution in [0.2, 0.25) is 0 Å². The van der Waals surface area contributed by atoms with Gasteiger partial charge in [-0.25, -0.2) is 4.98 Å². The zero-order valence-electron chi connectivity index (χ0n) is 10.1. The summed E-state index contributed by atoms with van der Waals surface area (Å²) in [7, 11) is 3.69. The van der Waals surface area contributed by atoms with Gasteiger partial charge >= 0.3 is 0 Å². The summed E-state index contributed by atoms with van der Waals surface area (Å²) in [6, 6.07) is 0.261. The highest BCUT2D eigenvalue weighted by Crippen LogP contribution is 2.30. The lowest BCUT2D eigenvalue weighted by molar-refractivity contribution is 0.183. The SMILES string of the molecule is COCC(C)N(C)c1ncc(N)c(C)c1Br. The van der Waals surface area contributed by atoms with Crippen LogP contribution in [0.5, 0.6) is 0 Å². The highest BCUT2D eigenvalue weighted by Gasteiger charge is 2.16. The number of hydrogen-bond donors (Lipinski definition) is 1. The van der Waals surface area contributed by atoms with Crippen LogP contribution in [0.1, 0.15) is 12.5 Å². The average molecular weight is 288 g/mol. The molecule has 2 N–H and O–H groups in total. The molecule has 1 aromatic rings. The van der Waals surface area contributed by atoms with Gasteiger partial charge in [-0.05, 0) is 35.3 Å². The molecular formula is C11H18BrN3O. The van der Waals surface area contributed by atoms with Crippen molar-refractivity contribution in [1.29, 1.82) is 0 Å². The molecule has 0 aromatic carbocycles. The van der Waals surface area contributed by atoms with E-state index in [1.807, 2.05) is 14.0 Å². The van der Waals surface area contributed by atoms with Crippen LogP contribution in [0.3, 0.4) is 0 Å². The number of methoxy groups -OCH3 is 1. The molecule has 0 spiro atoms. The molecular weight excluding hydrogens is 270 g/mol. The fourth-order valence-electron chi connectivity index (χ4n) is 1.39. The molecule has 90 valence electrons. The number of nitrogen functional groups attached to an aromatic ring is 1. The van der Waals surface area contributed by atoms with Gasteiger partial charge in [0.25, 0.3) is 0 Å². The van der Waals surface area contributed by atoms with Gasteiger partial charge in [-0.1, -0.05) is 0 Å². The number of halogens is 1. The van der Waals surface area contributed by atoms with Gasteiger partial charge in [0.05, 0.1) is 29.0 Å². The molecule has 0 aliphatic heterocycles. The van der Waals surface area contributed by atoms with Crippen molar-refractivity contribution in [3.8, 4) is 0 Å². The lowest BCUT2D eigenvalue weighted by Gasteiger charge is -2.27. The molecule has 0 saturated carbocycles. The van der Waals surface area contributed by atoms with Gasteiger partial charge in [-0.3, -0.25) is 0 Å². The molecule has 0 amide bonds. The summed E-state index contributed by atoms with van der Waals surface area (Å²) >= 11 is 3.53. The van der Waals surface area contributed by atoms with Crippen molar-refractivity contribution in [2.75, 3.05) is 31.4 Å². The predicted octanol–water partition coefficient (Wildman–Crippen LogP) is 2.21. The first kappa shape index (κ1) is 13.3. The second kappa shape index (κ2) is 5.50. The lowest BCUT2D eigenvalue weighted by Crippen LogP contribution is -2.33. The van der Waals surface area contributed by atoms with Crippen molar-refractivity contribution in [1.82, 2.24) is 4.98 Å². The third-order valence-electron chi connectivity index (χ3n) is 2.69. The minimum Gasteiger partial charge on any atom is -0.397 e. The molecule has 4 nitrogen and oxygen atoms in total. The van der Waals surface area contributed by atoms with E-state index in [-0.39, 0.29) is 6.04 Å². The summed E-state index contributed by atoms with van der Waals surface area (Å²) < 4.78 is 6.07. The molecule has 0 fully saturated rings. The lowest BCUT2D eigenvalue weighted by atomic mass is 10.2. The van der Waals surface area contributed by atoms with Crippen molar-refractivity contribution in [2.45, 2.75) is 19.9 Å². The standard InChI is InChI=1S/C11H18BrN3O/c1-7(6-16-4)15(3)11-10(12)8(2)9(13)5-14-11/h5,7H,6,13H2,1-4H3. The predicted molar refractivity (Wildman–Crippen MR) is 70.8 cm³/mol. The van der Waals surface area contributed by atoms with Crippen LogP contribution in [0.15, 0.2) is 10.7 Å². The second-order valence-electron chi connectivity index (χ2n) is 3.89. The van der Waals surface area contributed by atoms with Crippen molar-refractivity contribution >= 4 is 27.4 Å². The Morgan fingerprint density at radius 2 is 2.25 bits per heavy atom. The third kappa shape index (κ3) is 2.65. The van der Waals surface area contributed by atoms with E-state index < -0.39 is 0 Å². The Morgan fingerprint density at radius 1 is 1.62 bits per heavy atom. The zero-order valence-corrected chi connectivity index (χ0v) is 11.7. The topological polar surface area (TPSA) is 51.4 Å². The van der Waals surface area contributed by atoms with E-state index in [0.29, 0.717) is 12.3 Å². The number of hydrogen-bond acceptors (Lipinski definition) is 4. The van der Waals surface area contributed by atoms with E-state index in [2.05, 4.69) is 32.7 Å².